The van der Waals surface area contributed by atoms with Gasteiger partial charge in [0.2, 0.25) is 11.8 Å². The van der Waals surface area contributed by atoms with Crippen molar-refractivity contribution in [3.8, 4) is 0 Å². The van der Waals surface area contributed by atoms with E-state index in [4.69, 9.17) is 0 Å². The Morgan fingerprint density at radius 1 is 1.08 bits per heavy atom. The first-order valence-corrected chi connectivity index (χ1v) is 9.34. The molecule has 1 saturated heterocycles. The van der Waals surface area contributed by atoms with Crippen LogP contribution in [0.1, 0.15) is 36.8 Å². The van der Waals surface area contributed by atoms with Crippen LogP contribution in [0.2, 0.25) is 0 Å². The number of benzene rings is 2. The lowest BCUT2D eigenvalue weighted by Gasteiger charge is -2.19. The van der Waals surface area contributed by atoms with Crippen LogP contribution >= 0.6 is 0 Å². The average Bonchev–Trinajstić information content (AvgIpc) is 3.07. The van der Waals surface area contributed by atoms with E-state index in [1.807, 2.05) is 43.3 Å². The second kappa shape index (κ2) is 8.65. The van der Waals surface area contributed by atoms with Gasteiger partial charge in [0, 0.05) is 32.0 Å². The van der Waals surface area contributed by atoms with Gasteiger partial charge >= 0.3 is 0 Å². The molecule has 0 spiro atoms. The molecule has 0 saturated carbocycles. The van der Waals surface area contributed by atoms with Crippen LogP contribution in [0.4, 0.5) is 0 Å². The van der Waals surface area contributed by atoms with Crippen molar-refractivity contribution in [1.82, 2.24) is 10.2 Å². The van der Waals surface area contributed by atoms with Crippen LogP contribution in [0.25, 0.3) is 0 Å². The Labute approximate surface area is 155 Å². The summed E-state index contributed by atoms with van der Waals surface area (Å²) in [6.07, 6.45) is 1.17. The number of nitrogens with zero attached hydrogens (tertiary/aromatic N) is 1. The SMILES string of the molecule is CCN1C[C@@H](C(=O)NCCC(c2ccccc2)c2ccccc2)CC1=O. The lowest BCUT2D eigenvalue weighted by molar-refractivity contribution is -0.128. The second-order valence-electron chi connectivity index (χ2n) is 6.79. The van der Waals surface area contributed by atoms with Crippen LogP contribution in [0.15, 0.2) is 60.7 Å². The van der Waals surface area contributed by atoms with Gasteiger partial charge in [-0.1, -0.05) is 60.7 Å². The first kappa shape index (κ1) is 18.2. The Bertz CT molecular complexity index is 691. The maximum absolute atomic E-state index is 12.4. The molecule has 0 radical (unpaired) electrons. The lowest BCUT2D eigenvalue weighted by Crippen LogP contribution is -2.34. The second-order valence-corrected chi connectivity index (χ2v) is 6.79. The maximum Gasteiger partial charge on any atom is 0.225 e. The van der Waals surface area contributed by atoms with Gasteiger partial charge in [-0.3, -0.25) is 9.59 Å². The Hall–Kier alpha value is -2.62. The zero-order valence-electron chi connectivity index (χ0n) is 15.2. The van der Waals surface area contributed by atoms with Crippen LogP contribution in [-0.4, -0.2) is 36.3 Å². The highest BCUT2D eigenvalue weighted by molar-refractivity contribution is 5.89. The van der Waals surface area contributed by atoms with E-state index < -0.39 is 0 Å². The monoisotopic (exact) mass is 350 g/mol. The summed E-state index contributed by atoms with van der Waals surface area (Å²) in [5.74, 6) is 0.109. The number of carbonyl (C=O) groups excluding carboxylic acids is 2. The topological polar surface area (TPSA) is 49.4 Å². The maximum atomic E-state index is 12.4. The molecule has 2 aromatic rings. The molecule has 2 aromatic carbocycles. The number of rotatable bonds is 7. The number of hydrogen-bond donors (Lipinski definition) is 1. The largest absolute Gasteiger partial charge is 0.356 e. The highest BCUT2D eigenvalue weighted by atomic mass is 16.2. The number of hydrogen-bond acceptors (Lipinski definition) is 2. The van der Waals surface area contributed by atoms with Crippen molar-refractivity contribution < 1.29 is 9.59 Å². The Kier molecular flexibility index (Phi) is 6.05. The molecular formula is C22H26N2O2. The normalized spacial score (nSPS) is 16.9. The van der Waals surface area contributed by atoms with Gasteiger partial charge in [0.15, 0.2) is 0 Å². The summed E-state index contributed by atoms with van der Waals surface area (Å²) in [4.78, 5) is 26.0. The molecule has 2 amide bonds. The molecule has 26 heavy (non-hydrogen) atoms. The van der Waals surface area contributed by atoms with Gasteiger partial charge in [0.1, 0.15) is 0 Å². The molecule has 0 unspecified atom stereocenters. The van der Waals surface area contributed by atoms with Crippen molar-refractivity contribution in [2.24, 2.45) is 5.92 Å². The van der Waals surface area contributed by atoms with E-state index >= 15 is 0 Å². The number of carbonyl (C=O) groups is 2. The van der Waals surface area contributed by atoms with Crippen LogP contribution in [-0.2, 0) is 9.59 Å². The molecule has 1 atom stereocenters. The third-order valence-electron chi connectivity index (χ3n) is 5.10. The molecule has 1 aliphatic rings. The molecule has 1 aliphatic heterocycles. The molecule has 1 fully saturated rings. The zero-order valence-corrected chi connectivity index (χ0v) is 15.2. The fourth-order valence-corrected chi connectivity index (χ4v) is 3.63. The number of nitrogens with one attached hydrogen (secondary N) is 1. The summed E-state index contributed by atoms with van der Waals surface area (Å²) in [7, 11) is 0. The van der Waals surface area contributed by atoms with E-state index in [0.29, 0.717) is 26.1 Å². The van der Waals surface area contributed by atoms with E-state index in [0.717, 1.165) is 6.42 Å². The minimum absolute atomic E-state index is 0.00540. The summed E-state index contributed by atoms with van der Waals surface area (Å²) < 4.78 is 0. The minimum Gasteiger partial charge on any atom is -0.356 e. The van der Waals surface area contributed by atoms with Crippen molar-refractivity contribution in [3.05, 3.63) is 71.8 Å². The van der Waals surface area contributed by atoms with Crippen molar-refractivity contribution in [2.75, 3.05) is 19.6 Å². The molecule has 136 valence electrons. The van der Waals surface area contributed by atoms with E-state index in [-0.39, 0.29) is 23.7 Å². The Morgan fingerprint density at radius 2 is 1.65 bits per heavy atom. The average molecular weight is 350 g/mol. The molecule has 0 bridgehead atoms. The van der Waals surface area contributed by atoms with E-state index in [1.165, 1.54) is 11.1 Å². The molecule has 4 nitrogen and oxygen atoms in total. The van der Waals surface area contributed by atoms with Crippen LogP contribution < -0.4 is 5.32 Å². The van der Waals surface area contributed by atoms with Gasteiger partial charge < -0.3 is 10.2 Å². The molecule has 0 aliphatic carbocycles. The fourth-order valence-electron chi connectivity index (χ4n) is 3.63. The number of likely N-dealkylation sites (tertiary alicyclic amines) is 1. The highest BCUT2D eigenvalue weighted by Gasteiger charge is 2.33. The van der Waals surface area contributed by atoms with E-state index in [1.54, 1.807) is 4.90 Å². The van der Waals surface area contributed by atoms with Gasteiger partial charge in [-0.2, -0.15) is 0 Å². The zero-order chi connectivity index (χ0) is 18.4. The molecule has 0 aromatic heterocycles. The van der Waals surface area contributed by atoms with Crippen molar-refractivity contribution >= 4 is 11.8 Å². The summed E-state index contributed by atoms with van der Waals surface area (Å²) in [6, 6.07) is 20.8. The minimum atomic E-state index is -0.214. The van der Waals surface area contributed by atoms with Crippen molar-refractivity contribution in [2.45, 2.75) is 25.7 Å². The fraction of sp³-hybridized carbons (Fsp3) is 0.364. The quantitative estimate of drug-likeness (QED) is 0.834. The first-order chi connectivity index (χ1) is 12.7. The van der Waals surface area contributed by atoms with E-state index in [2.05, 4.69) is 29.6 Å². The smallest absolute Gasteiger partial charge is 0.225 e. The third kappa shape index (κ3) is 4.31. The summed E-state index contributed by atoms with van der Waals surface area (Å²) >= 11 is 0. The molecule has 3 rings (SSSR count). The molecule has 1 N–H and O–H groups in total. The lowest BCUT2D eigenvalue weighted by atomic mass is 9.88. The molecule has 1 heterocycles. The van der Waals surface area contributed by atoms with Gasteiger partial charge in [-0.25, -0.2) is 0 Å². The Morgan fingerprint density at radius 3 is 2.15 bits per heavy atom. The molecular weight excluding hydrogens is 324 g/mol. The van der Waals surface area contributed by atoms with Crippen molar-refractivity contribution in [1.29, 1.82) is 0 Å². The first-order valence-electron chi connectivity index (χ1n) is 9.34. The highest BCUT2D eigenvalue weighted by Crippen LogP contribution is 2.27. The van der Waals surface area contributed by atoms with Crippen molar-refractivity contribution in [3.63, 3.8) is 0 Å². The van der Waals surface area contributed by atoms with Gasteiger partial charge in [0.05, 0.1) is 5.92 Å². The third-order valence-corrected chi connectivity index (χ3v) is 5.10. The summed E-state index contributed by atoms with van der Waals surface area (Å²) in [5.41, 5.74) is 2.50. The van der Waals surface area contributed by atoms with Crippen LogP contribution in [0.3, 0.4) is 0 Å². The van der Waals surface area contributed by atoms with Crippen LogP contribution in [0.5, 0.6) is 0 Å². The Balaban J connectivity index is 1.60. The summed E-state index contributed by atoms with van der Waals surface area (Å²) in [5, 5.41) is 3.04. The standard InChI is InChI=1S/C22H26N2O2/c1-2-24-16-19(15-21(24)25)22(26)23-14-13-20(17-9-5-3-6-10-17)18-11-7-4-8-12-18/h3-12,19-20H,2,13-16H2,1H3,(H,23,26)/t19-/m0/s1. The number of amides is 2. The summed E-state index contributed by atoms with van der Waals surface area (Å²) in [6.45, 7) is 3.77. The van der Waals surface area contributed by atoms with Gasteiger partial charge in [-0.15, -0.1) is 0 Å². The predicted molar refractivity (Wildman–Crippen MR) is 103 cm³/mol. The van der Waals surface area contributed by atoms with Gasteiger partial charge in [0.25, 0.3) is 0 Å². The van der Waals surface area contributed by atoms with Crippen LogP contribution in [0, 0.1) is 5.92 Å². The molecule has 4 heteroatoms. The predicted octanol–water partition coefficient (Wildman–Crippen LogP) is 3.19. The van der Waals surface area contributed by atoms with Gasteiger partial charge in [-0.05, 0) is 24.5 Å². The van der Waals surface area contributed by atoms with E-state index in [9.17, 15) is 9.59 Å².